The fraction of sp³-hybridized carbons (Fsp3) is 0.696. The van der Waals surface area contributed by atoms with Crippen molar-refractivity contribution in [1.29, 1.82) is 0 Å². The minimum absolute atomic E-state index is 0.126. The van der Waals surface area contributed by atoms with Crippen LogP contribution in [0.15, 0.2) is 22.2 Å². The molecule has 4 fully saturated rings. The molecule has 1 N–H and O–H groups in total. The Labute approximate surface area is 188 Å². The Hall–Kier alpha value is -1.38. The van der Waals surface area contributed by atoms with E-state index in [1.54, 1.807) is 6.08 Å². The number of ether oxygens (including phenoxy) is 2. The molecule has 6 nitrogen and oxygen atoms in total. The average Bonchev–Trinajstić information content (AvgIpc) is 3.35. The molecule has 5 rings (SSSR count). The smallest absolute Gasteiger partial charge is 0.303 e. The summed E-state index contributed by atoms with van der Waals surface area (Å²) in [5, 5.41) is 11.5. The van der Waals surface area contributed by atoms with E-state index < -0.39 is 46.6 Å². The number of hydrogen-bond acceptors (Lipinski definition) is 6. The number of hydrogen-bond donors (Lipinski definition) is 1. The highest BCUT2D eigenvalue weighted by atomic mass is 79.9. The second-order valence-electron chi connectivity index (χ2n) is 10.2. The number of aliphatic hydroxyl groups is 1. The van der Waals surface area contributed by atoms with Gasteiger partial charge in [-0.15, -0.1) is 0 Å². The van der Waals surface area contributed by atoms with E-state index in [4.69, 9.17) is 9.47 Å². The van der Waals surface area contributed by atoms with Gasteiger partial charge >= 0.3 is 5.97 Å². The molecule has 8 atom stereocenters. The molecule has 8 heteroatoms. The first-order chi connectivity index (χ1) is 14.4. The van der Waals surface area contributed by atoms with Gasteiger partial charge in [0.1, 0.15) is 17.4 Å². The number of epoxide rings is 1. The summed E-state index contributed by atoms with van der Waals surface area (Å²) in [6, 6.07) is 0. The summed E-state index contributed by atoms with van der Waals surface area (Å²) in [4.78, 5) is 36.3. The van der Waals surface area contributed by atoms with Crippen molar-refractivity contribution in [2.45, 2.75) is 69.9 Å². The van der Waals surface area contributed by atoms with Crippen molar-refractivity contribution in [3.8, 4) is 0 Å². The molecule has 0 amide bonds. The summed E-state index contributed by atoms with van der Waals surface area (Å²) in [5.74, 6) is -1.65. The summed E-state index contributed by atoms with van der Waals surface area (Å²) < 4.78 is 27.1. The zero-order valence-electron chi connectivity index (χ0n) is 17.7. The third-order valence-corrected chi connectivity index (χ3v) is 9.62. The Balaban J connectivity index is 1.53. The first kappa shape index (κ1) is 21.5. The van der Waals surface area contributed by atoms with Gasteiger partial charge in [-0.05, 0) is 72.0 Å². The van der Waals surface area contributed by atoms with Gasteiger partial charge in [-0.1, -0.05) is 13.0 Å². The van der Waals surface area contributed by atoms with Gasteiger partial charge in [0.15, 0.2) is 12.4 Å². The molecule has 1 heterocycles. The molecule has 3 saturated carbocycles. The van der Waals surface area contributed by atoms with Crippen LogP contribution in [0, 0.1) is 22.7 Å². The maximum Gasteiger partial charge on any atom is 0.303 e. The Bertz CT molecular complexity index is 975. The molecular weight excluding hydrogens is 471 g/mol. The molecule has 0 bridgehead atoms. The summed E-state index contributed by atoms with van der Waals surface area (Å²) in [5.41, 5.74) is -3.40. The molecular formula is C23H26BrFO6. The number of halogens is 2. The third-order valence-electron chi connectivity index (χ3n) is 9.00. The number of ketones is 2. The van der Waals surface area contributed by atoms with Gasteiger partial charge in [0, 0.05) is 17.8 Å². The number of fused-ring (bicyclic) bond motifs is 3. The Morgan fingerprint density at radius 3 is 2.74 bits per heavy atom. The van der Waals surface area contributed by atoms with Gasteiger partial charge in [0.25, 0.3) is 0 Å². The predicted octanol–water partition coefficient (Wildman–Crippen LogP) is 2.96. The van der Waals surface area contributed by atoms with Crippen molar-refractivity contribution < 1.29 is 33.4 Å². The maximum absolute atomic E-state index is 15.5. The zero-order valence-corrected chi connectivity index (χ0v) is 19.3. The van der Waals surface area contributed by atoms with Crippen LogP contribution in [0.1, 0.15) is 46.5 Å². The first-order valence-corrected chi connectivity index (χ1v) is 11.6. The average molecular weight is 497 g/mol. The fourth-order valence-electron chi connectivity index (χ4n) is 7.44. The second kappa shape index (κ2) is 6.35. The van der Waals surface area contributed by atoms with Crippen LogP contribution in [0.3, 0.4) is 0 Å². The molecule has 31 heavy (non-hydrogen) atoms. The van der Waals surface area contributed by atoms with Crippen molar-refractivity contribution in [1.82, 2.24) is 0 Å². The van der Waals surface area contributed by atoms with Gasteiger partial charge in [0.05, 0.1) is 10.6 Å². The largest absolute Gasteiger partial charge is 0.458 e. The summed E-state index contributed by atoms with van der Waals surface area (Å²) in [7, 11) is 0. The number of allylic oxidation sites excluding steroid dienone is 2. The normalized spacial score (nSPS) is 49.7. The highest BCUT2D eigenvalue weighted by Gasteiger charge is 2.82. The molecule has 0 aromatic rings. The van der Waals surface area contributed by atoms with Crippen molar-refractivity contribution >= 4 is 33.5 Å². The lowest BCUT2D eigenvalue weighted by molar-refractivity contribution is -0.166. The van der Waals surface area contributed by atoms with E-state index >= 15 is 4.39 Å². The number of carbonyl (C=O) groups excluding carboxylic acids is 3. The SMILES string of the molecule is CC(=O)OCC(=O)[C@@]1(O)CC[C@H]2[C@@H]3C[C@@H](F)C4=CC(=O)C(Br)=C[C@]4(C)C34OC4C[C@@]21C. The van der Waals surface area contributed by atoms with Crippen LogP contribution in [0.25, 0.3) is 0 Å². The molecule has 2 unspecified atom stereocenters. The number of rotatable bonds is 3. The number of Topliss-reactive ketones (excluding diaryl/α,β-unsaturated/α-hetero) is 1. The van der Waals surface area contributed by atoms with Gasteiger partial charge in [-0.3, -0.25) is 14.4 Å². The van der Waals surface area contributed by atoms with Crippen LogP contribution in [0.5, 0.6) is 0 Å². The quantitative estimate of drug-likeness (QED) is 0.476. The van der Waals surface area contributed by atoms with E-state index in [9.17, 15) is 19.5 Å². The topological polar surface area (TPSA) is 93.2 Å². The van der Waals surface area contributed by atoms with E-state index in [1.165, 1.54) is 13.0 Å². The lowest BCUT2D eigenvalue weighted by Gasteiger charge is -2.56. The van der Waals surface area contributed by atoms with Crippen LogP contribution >= 0.6 is 15.9 Å². The predicted molar refractivity (Wildman–Crippen MR) is 111 cm³/mol. The first-order valence-electron chi connectivity index (χ1n) is 10.8. The summed E-state index contributed by atoms with van der Waals surface area (Å²) in [6.07, 6.45) is 3.11. The standard InChI is InChI=1S/C23H26BrFO6/c1-11(26)30-10-18(28)22(29)5-4-12-13-6-16(25)14-7-17(27)15(24)8-21(14,3)23(13)19(31-23)9-20(12,22)2/h7-8,12-13,16,19,29H,4-6,9-10H2,1-3H3/t12-,13-,16+,19?,20-,21-,22-,23?/m0/s1. The number of alkyl halides is 1. The molecule has 4 aliphatic carbocycles. The Morgan fingerprint density at radius 1 is 1.35 bits per heavy atom. The lowest BCUT2D eigenvalue weighted by atomic mass is 9.46. The molecule has 0 aromatic carbocycles. The maximum atomic E-state index is 15.5. The van der Waals surface area contributed by atoms with Gasteiger partial charge in [-0.2, -0.15) is 0 Å². The van der Waals surface area contributed by atoms with Gasteiger partial charge in [-0.25, -0.2) is 4.39 Å². The molecule has 1 saturated heterocycles. The number of carbonyl (C=O) groups is 3. The van der Waals surface area contributed by atoms with Crippen molar-refractivity contribution in [3.05, 3.63) is 22.2 Å². The molecule has 1 aliphatic heterocycles. The number of esters is 1. The summed E-state index contributed by atoms with van der Waals surface area (Å²) >= 11 is 3.33. The van der Waals surface area contributed by atoms with Crippen molar-refractivity contribution in [3.63, 3.8) is 0 Å². The van der Waals surface area contributed by atoms with E-state index in [-0.39, 0.29) is 36.6 Å². The molecule has 0 aromatic heterocycles. The highest BCUT2D eigenvalue weighted by Crippen LogP contribution is 2.76. The van der Waals surface area contributed by atoms with Crippen LogP contribution in [-0.2, 0) is 23.9 Å². The minimum Gasteiger partial charge on any atom is -0.458 e. The molecule has 0 radical (unpaired) electrons. The second-order valence-corrected chi connectivity index (χ2v) is 11.1. The van der Waals surface area contributed by atoms with E-state index in [1.807, 2.05) is 13.8 Å². The van der Waals surface area contributed by atoms with E-state index in [0.717, 1.165) is 0 Å². The fourth-order valence-corrected chi connectivity index (χ4v) is 8.02. The van der Waals surface area contributed by atoms with Gasteiger partial charge < -0.3 is 14.6 Å². The minimum atomic E-state index is -1.65. The Morgan fingerprint density at radius 2 is 2.06 bits per heavy atom. The third kappa shape index (κ3) is 2.47. The van der Waals surface area contributed by atoms with Crippen LogP contribution in [0.2, 0.25) is 0 Å². The monoisotopic (exact) mass is 496 g/mol. The molecule has 1 spiro atoms. The van der Waals surface area contributed by atoms with E-state index in [2.05, 4.69) is 15.9 Å². The van der Waals surface area contributed by atoms with E-state index in [0.29, 0.717) is 22.9 Å². The van der Waals surface area contributed by atoms with Crippen LogP contribution in [0.4, 0.5) is 4.39 Å². The lowest BCUT2D eigenvalue weighted by Crippen LogP contribution is -2.62. The van der Waals surface area contributed by atoms with Crippen molar-refractivity contribution in [2.24, 2.45) is 22.7 Å². The van der Waals surface area contributed by atoms with Crippen LogP contribution in [-0.4, -0.2) is 52.7 Å². The van der Waals surface area contributed by atoms with Crippen LogP contribution < -0.4 is 0 Å². The van der Waals surface area contributed by atoms with Gasteiger partial charge in [0.2, 0.25) is 5.78 Å². The summed E-state index contributed by atoms with van der Waals surface area (Å²) in [6.45, 7) is 4.57. The molecule has 168 valence electrons. The van der Waals surface area contributed by atoms with Crippen molar-refractivity contribution in [2.75, 3.05) is 6.61 Å². The Kier molecular flexibility index (Phi) is 4.40. The highest BCUT2D eigenvalue weighted by molar-refractivity contribution is 9.12. The zero-order chi connectivity index (χ0) is 22.6. The molecule has 5 aliphatic rings.